The summed E-state index contributed by atoms with van der Waals surface area (Å²) >= 11 is 0. The summed E-state index contributed by atoms with van der Waals surface area (Å²) < 4.78 is 0. The molecule has 0 aromatic heterocycles. The Morgan fingerprint density at radius 3 is 2.12 bits per heavy atom. The first-order valence-corrected chi connectivity index (χ1v) is 12.5. The van der Waals surface area contributed by atoms with Crippen molar-refractivity contribution >= 4 is 11.8 Å². The molecule has 7 nitrogen and oxygen atoms in total. The van der Waals surface area contributed by atoms with E-state index in [0.717, 1.165) is 30.9 Å². The van der Waals surface area contributed by atoms with E-state index < -0.39 is 5.54 Å². The highest BCUT2D eigenvalue weighted by molar-refractivity contribution is 5.86. The fourth-order valence-corrected chi connectivity index (χ4v) is 4.83. The average molecular weight is 477 g/mol. The Morgan fingerprint density at radius 1 is 1.00 bits per heavy atom. The first kappa shape index (κ1) is 30.1. The van der Waals surface area contributed by atoms with Crippen molar-refractivity contribution in [3.05, 3.63) is 37.5 Å². The van der Waals surface area contributed by atoms with Crippen LogP contribution in [0, 0.1) is 10.8 Å². The summed E-state index contributed by atoms with van der Waals surface area (Å²) in [4.78, 5) is 22.7. The molecule has 0 aromatic rings. The van der Waals surface area contributed by atoms with Crippen LogP contribution in [0.25, 0.3) is 0 Å². The zero-order valence-corrected chi connectivity index (χ0v) is 22.0. The van der Waals surface area contributed by atoms with Crippen molar-refractivity contribution in [2.75, 3.05) is 32.7 Å². The number of amides is 2. The van der Waals surface area contributed by atoms with E-state index in [9.17, 15) is 14.8 Å². The van der Waals surface area contributed by atoms with E-state index >= 15 is 0 Å². The van der Waals surface area contributed by atoms with E-state index in [2.05, 4.69) is 49.5 Å². The number of nitrogens with zero attached hydrogens (tertiary/aromatic N) is 1. The van der Waals surface area contributed by atoms with E-state index in [4.69, 9.17) is 0 Å². The minimum atomic E-state index is -0.833. The summed E-state index contributed by atoms with van der Waals surface area (Å²) in [6.45, 7) is 23.5. The van der Waals surface area contributed by atoms with E-state index in [0.29, 0.717) is 24.9 Å². The maximum absolute atomic E-state index is 11.4. The molecule has 7 heteroatoms. The molecule has 0 radical (unpaired) electrons. The number of hydroxylamine groups is 2. The van der Waals surface area contributed by atoms with Crippen LogP contribution in [0.15, 0.2) is 37.5 Å². The normalized spacial score (nSPS) is 31.4. The molecule has 0 unspecified atom stereocenters. The SMILES string of the molecule is C=C(C)C[C@]1(C)CCCNC1.C=CC[C@@]1(C)C(=O)NCCN1O.C=CC[C@]1(C)CCCNC1=O. The minimum Gasteiger partial charge on any atom is -0.356 e. The average Bonchev–Trinajstić information content (AvgIpc) is 2.75. The molecule has 0 spiro atoms. The van der Waals surface area contributed by atoms with Crippen LogP contribution < -0.4 is 16.0 Å². The Kier molecular flexibility index (Phi) is 12.2. The van der Waals surface area contributed by atoms with Crippen LogP contribution in [0.5, 0.6) is 0 Å². The maximum Gasteiger partial charge on any atom is 0.242 e. The zero-order chi connectivity index (χ0) is 25.8. The third-order valence-electron chi connectivity index (χ3n) is 6.96. The number of rotatable bonds is 6. The van der Waals surface area contributed by atoms with Gasteiger partial charge in [0.15, 0.2) is 0 Å². The smallest absolute Gasteiger partial charge is 0.242 e. The summed E-state index contributed by atoms with van der Waals surface area (Å²) in [5, 5.41) is 19.5. The Bertz CT molecular complexity index is 717. The fourth-order valence-electron chi connectivity index (χ4n) is 4.83. The standard InChI is InChI=1S/C10H19N.C9H15NO.C8H14N2O2/c1-9(2)7-10(3)5-4-6-11-8-10;1-3-5-9(2)6-4-7-10-8(9)11;1-3-4-8(2)7(11)9-5-6-10(8)12/h11H,1,4-8H2,2-3H3;3H,1,4-7H2,2H3,(H,10,11);3,12H,1,4-6H2,2H3,(H,9,11)/t10-;9-;8-/m010/s1. The largest absolute Gasteiger partial charge is 0.356 e. The van der Waals surface area contributed by atoms with Gasteiger partial charge in [-0.2, -0.15) is 5.06 Å². The fraction of sp³-hybridized carbons (Fsp3) is 0.704. The van der Waals surface area contributed by atoms with Crippen LogP contribution >= 0.6 is 0 Å². The van der Waals surface area contributed by atoms with Gasteiger partial charge in [0.2, 0.25) is 11.8 Å². The molecule has 3 atom stereocenters. The van der Waals surface area contributed by atoms with Crippen LogP contribution in [0.3, 0.4) is 0 Å². The molecule has 4 N–H and O–H groups in total. The molecule has 3 fully saturated rings. The van der Waals surface area contributed by atoms with Gasteiger partial charge in [0.1, 0.15) is 5.54 Å². The summed E-state index contributed by atoms with van der Waals surface area (Å²) in [5.41, 5.74) is 0.792. The monoisotopic (exact) mass is 476 g/mol. The lowest BCUT2D eigenvalue weighted by Gasteiger charge is -2.38. The molecule has 0 saturated carbocycles. The molecule has 0 aromatic carbocycles. The van der Waals surface area contributed by atoms with Gasteiger partial charge < -0.3 is 21.2 Å². The number of hydrogen-bond donors (Lipinski definition) is 4. The van der Waals surface area contributed by atoms with E-state index in [1.54, 1.807) is 13.0 Å². The first-order chi connectivity index (χ1) is 15.9. The first-order valence-electron chi connectivity index (χ1n) is 12.5. The molecular weight excluding hydrogens is 428 g/mol. The Hall–Kier alpha value is -1.96. The van der Waals surface area contributed by atoms with E-state index in [1.807, 2.05) is 13.0 Å². The van der Waals surface area contributed by atoms with Crippen molar-refractivity contribution in [1.29, 1.82) is 0 Å². The third kappa shape index (κ3) is 9.01. The van der Waals surface area contributed by atoms with Gasteiger partial charge in [0, 0.05) is 31.6 Å². The highest BCUT2D eigenvalue weighted by Crippen LogP contribution is 2.32. The number of carbonyl (C=O) groups is 2. The summed E-state index contributed by atoms with van der Waals surface area (Å²) in [7, 11) is 0. The van der Waals surface area contributed by atoms with Gasteiger partial charge in [0.05, 0.1) is 0 Å². The predicted octanol–water partition coefficient (Wildman–Crippen LogP) is 3.96. The lowest BCUT2D eigenvalue weighted by Crippen LogP contribution is -2.61. The maximum atomic E-state index is 11.4. The van der Waals surface area contributed by atoms with Crippen LogP contribution in [-0.4, -0.2) is 60.3 Å². The molecule has 34 heavy (non-hydrogen) atoms. The number of nitrogens with one attached hydrogen (secondary N) is 3. The lowest BCUT2D eigenvalue weighted by atomic mass is 9.78. The lowest BCUT2D eigenvalue weighted by molar-refractivity contribution is -0.189. The van der Waals surface area contributed by atoms with Crippen molar-refractivity contribution in [3.8, 4) is 0 Å². The van der Waals surface area contributed by atoms with Gasteiger partial charge in [-0.15, -0.1) is 19.7 Å². The van der Waals surface area contributed by atoms with Crippen molar-refractivity contribution in [1.82, 2.24) is 21.0 Å². The zero-order valence-electron chi connectivity index (χ0n) is 22.0. The summed E-state index contributed by atoms with van der Waals surface area (Å²) in [5.74, 6) is 0.0415. The second-order valence-corrected chi connectivity index (χ2v) is 10.8. The van der Waals surface area contributed by atoms with E-state index in [-0.39, 0.29) is 17.2 Å². The molecule has 0 bridgehead atoms. The molecule has 3 rings (SSSR count). The molecule has 2 amide bonds. The highest BCUT2D eigenvalue weighted by Gasteiger charge is 2.40. The number of hydrogen-bond acceptors (Lipinski definition) is 5. The molecule has 3 aliphatic rings. The minimum absolute atomic E-state index is 0.142. The third-order valence-corrected chi connectivity index (χ3v) is 6.96. The predicted molar refractivity (Wildman–Crippen MR) is 140 cm³/mol. The molecule has 3 aliphatic heterocycles. The van der Waals surface area contributed by atoms with Crippen molar-refractivity contribution < 1.29 is 14.8 Å². The Morgan fingerprint density at radius 2 is 1.62 bits per heavy atom. The van der Waals surface area contributed by atoms with Crippen LogP contribution in [0.1, 0.15) is 72.6 Å². The number of piperidine rings is 2. The number of piperazine rings is 1. The quantitative estimate of drug-likeness (QED) is 0.436. The van der Waals surface area contributed by atoms with E-state index in [1.165, 1.54) is 37.9 Å². The Balaban J connectivity index is 0.000000255. The summed E-state index contributed by atoms with van der Waals surface area (Å²) in [6, 6.07) is 0. The molecule has 3 saturated heterocycles. The van der Waals surface area contributed by atoms with Gasteiger partial charge in [-0.05, 0) is 70.8 Å². The summed E-state index contributed by atoms with van der Waals surface area (Å²) in [6.07, 6.45) is 10.6. The van der Waals surface area contributed by atoms with Gasteiger partial charge in [-0.1, -0.05) is 31.6 Å². The van der Waals surface area contributed by atoms with Gasteiger partial charge in [0.25, 0.3) is 0 Å². The second-order valence-electron chi connectivity index (χ2n) is 10.8. The van der Waals surface area contributed by atoms with Gasteiger partial charge in [-0.3, -0.25) is 9.59 Å². The van der Waals surface area contributed by atoms with Crippen LogP contribution in [-0.2, 0) is 9.59 Å². The second kappa shape index (κ2) is 13.8. The number of carbonyl (C=O) groups excluding carboxylic acids is 2. The molecule has 194 valence electrons. The van der Waals surface area contributed by atoms with Gasteiger partial charge >= 0.3 is 0 Å². The van der Waals surface area contributed by atoms with Crippen molar-refractivity contribution in [2.45, 2.75) is 78.2 Å². The van der Waals surface area contributed by atoms with Crippen LogP contribution in [0.4, 0.5) is 0 Å². The Labute approximate surface area is 207 Å². The highest BCUT2D eigenvalue weighted by atomic mass is 16.5. The molecular formula is C27H48N4O3. The molecule has 3 heterocycles. The van der Waals surface area contributed by atoms with Crippen LogP contribution in [0.2, 0.25) is 0 Å². The van der Waals surface area contributed by atoms with Crippen molar-refractivity contribution in [2.24, 2.45) is 10.8 Å². The van der Waals surface area contributed by atoms with Crippen molar-refractivity contribution in [3.63, 3.8) is 0 Å². The number of allylic oxidation sites excluding steroid dienone is 2. The van der Waals surface area contributed by atoms with Gasteiger partial charge in [-0.25, -0.2) is 0 Å². The topological polar surface area (TPSA) is 93.7 Å². The molecule has 0 aliphatic carbocycles.